The fourth-order valence-corrected chi connectivity index (χ4v) is 2.82. The van der Waals surface area contributed by atoms with Crippen LogP contribution in [0, 0.1) is 6.92 Å². The van der Waals surface area contributed by atoms with E-state index in [1.807, 2.05) is 43.3 Å². The zero-order valence-electron chi connectivity index (χ0n) is 16.1. The topological polar surface area (TPSA) is 67.4 Å². The van der Waals surface area contributed by atoms with Gasteiger partial charge in [0.1, 0.15) is 5.75 Å². The summed E-state index contributed by atoms with van der Waals surface area (Å²) in [5.41, 5.74) is 3.06. The lowest BCUT2D eigenvalue weighted by atomic mass is 10.2. The SMILES string of the molecule is Cc1ccc(NC(=O)c2ccc(OC(C)C(=O)Nc3ccc(Br)cc3)cc2)cc1. The maximum absolute atomic E-state index is 12.3. The summed E-state index contributed by atoms with van der Waals surface area (Å²) in [5, 5.41) is 5.65. The highest BCUT2D eigenvalue weighted by Crippen LogP contribution is 2.18. The van der Waals surface area contributed by atoms with Crippen LogP contribution < -0.4 is 15.4 Å². The molecule has 0 bridgehead atoms. The molecule has 3 aromatic rings. The molecule has 0 fully saturated rings. The van der Waals surface area contributed by atoms with Gasteiger partial charge in [0.25, 0.3) is 11.8 Å². The molecule has 0 aliphatic heterocycles. The lowest BCUT2D eigenvalue weighted by Gasteiger charge is -2.15. The van der Waals surface area contributed by atoms with E-state index in [4.69, 9.17) is 4.74 Å². The average Bonchev–Trinajstić information content (AvgIpc) is 2.72. The number of carbonyl (C=O) groups is 2. The molecular weight excluding hydrogens is 432 g/mol. The highest BCUT2D eigenvalue weighted by molar-refractivity contribution is 9.10. The van der Waals surface area contributed by atoms with E-state index in [0.717, 1.165) is 15.7 Å². The third kappa shape index (κ3) is 5.93. The number of nitrogens with one attached hydrogen (secondary N) is 2. The van der Waals surface area contributed by atoms with E-state index in [9.17, 15) is 9.59 Å². The van der Waals surface area contributed by atoms with E-state index < -0.39 is 6.10 Å². The van der Waals surface area contributed by atoms with E-state index >= 15 is 0 Å². The van der Waals surface area contributed by atoms with Gasteiger partial charge in [-0.3, -0.25) is 9.59 Å². The van der Waals surface area contributed by atoms with Gasteiger partial charge in [-0.1, -0.05) is 33.6 Å². The number of hydrogen-bond acceptors (Lipinski definition) is 3. The Kier molecular flexibility index (Phi) is 6.67. The molecule has 2 N–H and O–H groups in total. The van der Waals surface area contributed by atoms with Crippen LogP contribution in [0.15, 0.2) is 77.3 Å². The van der Waals surface area contributed by atoms with Crippen LogP contribution in [-0.4, -0.2) is 17.9 Å². The molecule has 3 aromatic carbocycles. The summed E-state index contributed by atoms with van der Waals surface area (Å²) < 4.78 is 6.62. The van der Waals surface area contributed by atoms with Crippen molar-refractivity contribution in [3.63, 3.8) is 0 Å². The number of anilines is 2. The predicted octanol–water partition coefficient (Wildman–Crippen LogP) is 5.42. The van der Waals surface area contributed by atoms with E-state index in [1.165, 1.54) is 0 Å². The van der Waals surface area contributed by atoms with Gasteiger partial charge in [0, 0.05) is 21.4 Å². The molecule has 0 aromatic heterocycles. The maximum Gasteiger partial charge on any atom is 0.265 e. The third-order valence-electron chi connectivity index (χ3n) is 4.22. The molecule has 1 atom stereocenters. The van der Waals surface area contributed by atoms with Gasteiger partial charge >= 0.3 is 0 Å². The Morgan fingerprint density at radius 3 is 2.00 bits per heavy atom. The Labute approximate surface area is 178 Å². The van der Waals surface area contributed by atoms with Crippen molar-refractivity contribution in [2.75, 3.05) is 10.6 Å². The second-order valence-corrected chi connectivity index (χ2v) is 7.52. The van der Waals surface area contributed by atoms with Crippen LogP contribution in [0.1, 0.15) is 22.8 Å². The van der Waals surface area contributed by atoms with Gasteiger partial charge in [-0.15, -0.1) is 0 Å². The number of amides is 2. The molecule has 0 saturated carbocycles. The van der Waals surface area contributed by atoms with Crippen LogP contribution in [0.2, 0.25) is 0 Å². The number of hydrogen-bond donors (Lipinski definition) is 2. The first-order chi connectivity index (χ1) is 13.9. The zero-order chi connectivity index (χ0) is 20.8. The van der Waals surface area contributed by atoms with E-state index in [0.29, 0.717) is 17.0 Å². The fraction of sp³-hybridized carbons (Fsp3) is 0.130. The summed E-state index contributed by atoms with van der Waals surface area (Å²) in [6, 6.07) is 21.6. The van der Waals surface area contributed by atoms with Crippen molar-refractivity contribution < 1.29 is 14.3 Å². The van der Waals surface area contributed by atoms with Gasteiger partial charge in [0.05, 0.1) is 0 Å². The highest BCUT2D eigenvalue weighted by Gasteiger charge is 2.15. The molecule has 5 nitrogen and oxygen atoms in total. The van der Waals surface area contributed by atoms with E-state index in [2.05, 4.69) is 26.6 Å². The van der Waals surface area contributed by atoms with Crippen molar-refractivity contribution in [1.82, 2.24) is 0 Å². The van der Waals surface area contributed by atoms with Crippen LogP contribution in [0.3, 0.4) is 0 Å². The minimum absolute atomic E-state index is 0.207. The van der Waals surface area contributed by atoms with Gasteiger partial charge < -0.3 is 15.4 Å². The van der Waals surface area contributed by atoms with Crippen LogP contribution in [0.5, 0.6) is 5.75 Å². The molecule has 1 unspecified atom stereocenters. The molecule has 0 heterocycles. The largest absolute Gasteiger partial charge is 0.481 e. The van der Waals surface area contributed by atoms with Crippen molar-refractivity contribution in [2.24, 2.45) is 0 Å². The predicted molar refractivity (Wildman–Crippen MR) is 118 cm³/mol. The van der Waals surface area contributed by atoms with Crippen LogP contribution in [0.25, 0.3) is 0 Å². The van der Waals surface area contributed by atoms with Gasteiger partial charge in [-0.25, -0.2) is 0 Å². The minimum atomic E-state index is -0.689. The molecular formula is C23H21BrN2O3. The molecule has 6 heteroatoms. The van der Waals surface area contributed by atoms with Crippen LogP contribution in [0.4, 0.5) is 11.4 Å². The minimum Gasteiger partial charge on any atom is -0.481 e. The summed E-state index contributed by atoms with van der Waals surface area (Å²) >= 11 is 3.36. The zero-order valence-corrected chi connectivity index (χ0v) is 17.7. The summed E-state index contributed by atoms with van der Waals surface area (Å²) in [5.74, 6) is 0.0466. The number of rotatable bonds is 6. The third-order valence-corrected chi connectivity index (χ3v) is 4.75. The summed E-state index contributed by atoms with van der Waals surface area (Å²) in [4.78, 5) is 24.6. The van der Waals surface area contributed by atoms with Crippen LogP contribution >= 0.6 is 15.9 Å². The Balaban J connectivity index is 1.56. The lowest BCUT2D eigenvalue weighted by molar-refractivity contribution is -0.122. The summed E-state index contributed by atoms with van der Waals surface area (Å²) in [6.45, 7) is 3.66. The van der Waals surface area contributed by atoms with Crippen molar-refractivity contribution in [3.05, 3.63) is 88.4 Å². The highest BCUT2D eigenvalue weighted by atomic mass is 79.9. The average molecular weight is 453 g/mol. The Hall–Kier alpha value is -3.12. The first kappa shape index (κ1) is 20.6. The number of halogens is 1. The second-order valence-electron chi connectivity index (χ2n) is 6.60. The first-order valence-electron chi connectivity index (χ1n) is 9.12. The molecule has 3 rings (SSSR count). The smallest absolute Gasteiger partial charge is 0.265 e. The van der Waals surface area contributed by atoms with E-state index in [-0.39, 0.29) is 11.8 Å². The number of ether oxygens (including phenoxy) is 1. The molecule has 148 valence electrons. The van der Waals surface area contributed by atoms with Gasteiger partial charge in [0.15, 0.2) is 6.10 Å². The van der Waals surface area contributed by atoms with Gasteiger partial charge in [-0.05, 0) is 74.5 Å². The normalized spacial score (nSPS) is 11.4. The Bertz CT molecular complexity index is 984. The fourth-order valence-electron chi connectivity index (χ4n) is 2.56. The molecule has 0 aliphatic rings. The first-order valence-corrected chi connectivity index (χ1v) is 9.91. The van der Waals surface area contributed by atoms with Crippen LogP contribution in [-0.2, 0) is 4.79 Å². The van der Waals surface area contributed by atoms with Crippen molar-refractivity contribution >= 4 is 39.1 Å². The van der Waals surface area contributed by atoms with Crippen molar-refractivity contribution in [3.8, 4) is 5.75 Å². The monoisotopic (exact) mass is 452 g/mol. The van der Waals surface area contributed by atoms with E-state index in [1.54, 1.807) is 43.3 Å². The van der Waals surface area contributed by atoms with Gasteiger partial charge in [0.2, 0.25) is 0 Å². The number of aryl methyl sites for hydroxylation is 1. The van der Waals surface area contributed by atoms with Crippen molar-refractivity contribution in [1.29, 1.82) is 0 Å². The van der Waals surface area contributed by atoms with Gasteiger partial charge in [-0.2, -0.15) is 0 Å². The van der Waals surface area contributed by atoms with Crippen molar-refractivity contribution in [2.45, 2.75) is 20.0 Å². The lowest BCUT2D eigenvalue weighted by Crippen LogP contribution is -2.30. The number of carbonyl (C=O) groups excluding carboxylic acids is 2. The Morgan fingerprint density at radius 1 is 0.828 bits per heavy atom. The molecule has 0 radical (unpaired) electrons. The molecule has 0 saturated heterocycles. The second kappa shape index (κ2) is 9.39. The standard InChI is InChI=1S/C23H21BrN2O3/c1-15-3-9-19(10-4-15)26-23(28)17-5-13-21(14-6-17)29-16(2)22(27)25-20-11-7-18(24)8-12-20/h3-14,16H,1-2H3,(H,25,27)(H,26,28). The molecule has 29 heavy (non-hydrogen) atoms. The molecule has 0 aliphatic carbocycles. The molecule has 0 spiro atoms. The molecule has 2 amide bonds. The number of benzene rings is 3. The Morgan fingerprint density at radius 2 is 1.38 bits per heavy atom. The quantitative estimate of drug-likeness (QED) is 0.524. The summed E-state index contributed by atoms with van der Waals surface area (Å²) in [6.07, 6.45) is -0.689. The maximum atomic E-state index is 12.3. The summed E-state index contributed by atoms with van der Waals surface area (Å²) in [7, 11) is 0.